The quantitative estimate of drug-likeness (QED) is 0.511. The van der Waals surface area contributed by atoms with Crippen LogP contribution >= 0.6 is 0 Å². The molecular weight excluding hydrogens is 324 g/mol. The molecule has 0 fully saturated rings. The number of anilines is 1. The van der Waals surface area contributed by atoms with Gasteiger partial charge in [0.2, 0.25) is 0 Å². The Morgan fingerprint density at radius 1 is 1.14 bits per heavy atom. The van der Waals surface area contributed by atoms with Crippen LogP contribution in [0, 0.1) is 0 Å². The first-order chi connectivity index (χ1) is 9.50. The fourth-order valence-corrected chi connectivity index (χ4v) is 2.40. The van der Waals surface area contributed by atoms with E-state index in [1.165, 1.54) is 0 Å². The largest absolute Gasteiger partial charge is 0.416 e. The highest BCUT2D eigenvalue weighted by atomic mass is 32.2. The molecule has 0 bridgehead atoms. The van der Waals surface area contributed by atoms with Crippen molar-refractivity contribution in [2.45, 2.75) is 17.2 Å². The Labute approximate surface area is 118 Å². The molecule has 0 aromatic heterocycles. The molecule has 1 unspecified atom stereocenters. The van der Waals surface area contributed by atoms with Crippen molar-refractivity contribution in [2.24, 2.45) is 0 Å². The Bertz CT molecular complexity index is 514. The monoisotopic (exact) mass is 335 g/mol. The number of hydrogen-bond donors (Lipinski definition) is 1. The van der Waals surface area contributed by atoms with Gasteiger partial charge < -0.3 is 10.5 Å². The van der Waals surface area contributed by atoms with E-state index in [1.807, 2.05) is 0 Å². The zero-order valence-electron chi connectivity index (χ0n) is 10.4. The SMILES string of the molecule is Nc1cc(C(F)(F)F)ccc1S(=O)CCOCC(F)(F)F. The molecule has 1 rings (SSSR count). The zero-order chi connectivity index (χ0) is 16.3. The molecule has 0 aliphatic heterocycles. The van der Waals surface area contributed by atoms with Gasteiger partial charge in [-0.25, -0.2) is 0 Å². The number of nitrogens with two attached hydrogens (primary N) is 1. The number of halogens is 6. The van der Waals surface area contributed by atoms with Crippen LogP contribution in [-0.2, 0) is 21.7 Å². The molecule has 0 amide bonds. The first-order valence-electron chi connectivity index (χ1n) is 5.50. The smallest absolute Gasteiger partial charge is 0.398 e. The van der Waals surface area contributed by atoms with Crippen molar-refractivity contribution in [3.8, 4) is 0 Å². The second-order valence-electron chi connectivity index (χ2n) is 3.97. The Morgan fingerprint density at radius 3 is 2.24 bits per heavy atom. The molecule has 120 valence electrons. The molecule has 0 heterocycles. The van der Waals surface area contributed by atoms with E-state index in [0.717, 1.165) is 6.07 Å². The van der Waals surface area contributed by atoms with Crippen molar-refractivity contribution >= 4 is 16.5 Å². The average molecular weight is 335 g/mol. The van der Waals surface area contributed by atoms with E-state index in [9.17, 15) is 30.6 Å². The number of nitrogen functional groups attached to an aromatic ring is 1. The van der Waals surface area contributed by atoms with Gasteiger partial charge in [-0.15, -0.1) is 0 Å². The summed E-state index contributed by atoms with van der Waals surface area (Å²) in [5, 5.41) is 0. The summed E-state index contributed by atoms with van der Waals surface area (Å²) in [5.41, 5.74) is 4.05. The third-order valence-corrected chi connectivity index (χ3v) is 3.66. The first-order valence-corrected chi connectivity index (χ1v) is 6.82. The minimum absolute atomic E-state index is 0.0707. The van der Waals surface area contributed by atoms with Gasteiger partial charge in [-0.1, -0.05) is 0 Å². The van der Waals surface area contributed by atoms with Gasteiger partial charge in [0, 0.05) is 5.69 Å². The molecule has 0 saturated carbocycles. The first kappa shape index (κ1) is 17.8. The molecule has 3 nitrogen and oxygen atoms in total. The van der Waals surface area contributed by atoms with Gasteiger partial charge in [0.25, 0.3) is 0 Å². The van der Waals surface area contributed by atoms with Crippen LogP contribution in [0.25, 0.3) is 0 Å². The lowest BCUT2D eigenvalue weighted by Crippen LogP contribution is -2.19. The van der Waals surface area contributed by atoms with Crippen LogP contribution in [0.1, 0.15) is 5.56 Å². The van der Waals surface area contributed by atoms with Gasteiger partial charge >= 0.3 is 12.4 Å². The van der Waals surface area contributed by atoms with Gasteiger partial charge in [-0.3, -0.25) is 4.21 Å². The summed E-state index contributed by atoms with van der Waals surface area (Å²) in [7, 11) is -1.84. The van der Waals surface area contributed by atoms with Crippen molar-refractivity contribution in [1.29, 1.82) is 0 Å². The molecular formula is C11H11F6NO2S. The van der Waals surface area contributed by atoms with Gasteiger partial charge in [0.05, 0.1) is 33.6 Å². The molecule has 21 heavy (non-hydrogen) atoms. The van der Waals surface area contributed by atoms with Crippen molar-refractivity contribution in [1.82, 2.24) is 0 Å². The van der Waals surface area contributed by atoms with Crippen LogP contribution in [0.5, 0.6) is 0 Å². The van der Waals surface area contributed by atoms with Crippen LogP contribution in [0.4, 0.5) is 32.0 Å². The maximum Gasteiger partial charge on any atom is 0.416 e. The summed E-state index contributed by atoms with van der Waals surface area (Å²) in [6, 6.07) is 2.28. The molecule has 0 radical (unpaired) electrons. The zero-order valence-corrected chi connectivity index (χ0v) is 11.2. The van der Waals surface area contributed by atoms with Crippen LogP contribution in [0.15, 0.2) is 23.1 Å². The van der Waals surface area contributed by atoms with Gasteiger partial charge in [0.15, 0.2) is 0 Å². The highest BCUT2D eigenvalue weighted by Gasteiger charge is 2.31. The van der Waals surface area contributed by atoms with E-state index in [-0.39, 0.29) is 16.3 Å². The van der Waals surface area contributed by atoms with E-state index in [4.69, 9.17) is 5.73 Å². The summed E-state index contributed by atoms with van der Waals surface area (Å²) in [6.07, 6.45) is -9.07. The highest BCUT2D eigenvalue weighted by molar-refractivity contribution is 7.85. The van der Waals surface area contributed by atoms with E-state index < -0.39 is 41.9 Å². The average Bonchev–Trinajstić information content (AvgIpc) is 2.32. The highest BCUT2D eigenvalue weighted by Crippen LogP contribution is 2.32. The standard InChI is InChI=1S/C11H11F6NO2S/c12-10(13,14)6-20-3-4-21(19)9-2-1-7(5-8(9)18)11(15,16)17/h1-2,5H,3-4,6,18H2. The predicted molar refractivity (Wildman–Crippen MR) is 64.0 cm³/mol. The Balaban J connectivity index is 2.63. The summed E-state index contributed by atoms with van der Waals surface area (Å²) in [6.45, 7) is -1.93. The van der Waals surface area contributed by atoms with Crippen molar-refractivity contribution in [3.63, 3.8) is 0 Å². The summed E-state index contributed by atoms with van der Waals surface area (Å²) >= 11 is 0. The summed E-state index contributed by atoms with van der Waals surface area (Å²) < 4.78 is 88.6. The number of hydrogen-bond acceptors (Lipinski definition) is 3. The van der Waals surface area contributed by atoms with Crippen LogP contribution in [0.3, 0.4) is 0 Å². The molecule has 1 aromatic carbocycles. The van der Waals surface area contributed by atoms with Crippen molar-refractivity contribution in [3.05, 3.63) is 23.8 Å². The van der Waals surface area contributed by atoms with Crippen LogP contribution in [-0.4, -0.2) is 29.4 Å². The lowest BCUT2D eigenvalue weighted by Gasteiger charge is -2.11. The molecule has 0 aliphatic carbocycles. The maximum absolute atomic E-state index is 12.4. The second-order valence-corrected chi connectivity index (χ2v) is 5.51. The predicted octanol–water partition coefficient (Wildman–Crippen LogP) is 2.97. The van der Waals surface area contributed by atoms with Gasteiger partial charge in [-0.05, 0) is 18.2 Å². The Kier molecular flexibility index (Phi) is 5.62. The molecule has 0 saturated heterocycles. The van der Waals surface area contributed by atoms with Crippen LogP contribution < -0.4 is 5.73 Å². The lowest BCUT2D eigenvalue weighted by molar-refractivity contribution is -0.172. The molecule has 1 atom stereocenters. The van der Waals surface area contributed by atoms with Crippen LogP contribution in [0.2, 0.25) is 0 Å². The topological polar surface area (TPSA) is 52.3 Å². The van der Waals surface area contributed by atoms with Gasteiger partial charge in [-0.2, -0.15) is 26.3 Å². The lowest BCUT2D eigenvalue weighted by atomic mass is 10.2. The Morgan fingerprint density at radius 2 is 1.76 bits per heavy atom. The number of alkyl halides is 6. The van der Waals surface area contributed by atoms with Crippen molar-refractivity contribution < 1.29 is 35.3 Å². The van der Waals surface area contributed by atoms with E-state index in [0.29, 0.717) is 12.1 Å². The third-order valence-electron chi connectivity index (χ3n) is 2.26. The van der Waals surface area contributed by atoms with Crippen molar-refractivity contribution in [2.75, 3.05) is 24.7 Å². The number of ether oxygens (including phenoxy) is 1. The number of rotatable bonds is 5. The molecule has 0 spiro atoms. The summed E-state index contributed by atoms with van der Waals surface area (Å²) in [5.74, 6) is -0.300. The molecule has 10 heteroatoms. The normalized spacial score (nSPS) is 14.2. The summed E-state index contributed by atoms with van der Waals surface area (Å²) in [4.78, 5) is -0.0707. The Hall–Kier alpha value is -1.29. The fourth-order valence-electron chi connectivity index (χ4n) is 1.36. The minimum Gasteiger partial charge on any atom is -0.398 e. The second kappa shape index (κ2) is 6.65. The third kappa shape index (κ3) is 5.92. The van der Waals surface area contributed by atoms with E-state index in [1.54, 1.807) is 0 Å². The van der Waals surface area contributed by atoms with E-state index >= 15 is 0 Å². The van der Waals surface area contributed by atoms with Gasteiger partial charge in [0.1, 0.15) is 6.61 Å². The van der Waals surface area contributed by atoms with E-state index in [2.05, 4.69) is 4.74 Å². The maximum atomic E-state index is 12.4. The minimum atomic E-state index is -4.58. The number of benzene rings is 1. The molecule has 2 N–H and O–H groups in total. The molecule has 0 aliphatic rings. The molecule has 1 aromatic rings. The fraction of sp³-hybridized carbons (Fsp3) is 0.455.